The summed E-state index contributed by atoms with van der Waals surface area (Å²) < 4.78 is 59.9. The van der Waals surface area contributed by atoms with E-state index in [1.54, 1.807) is 54.6 Å². The van der Waals surface area contributed by atoms with Gasteiger partial charge in [-0.15, -0.1) is 0 Å². The molecule has 71 heavy (non-hydrogen) atoms. The van der Waals surface area contributed by atoms with Crippen LogP contribution in [-0.4, -0.2) is 134 Å². The normalized spacial score (nSPS) is 24.8. The minimum absolute atomic E-state index is 0.00334. The van der Waals surface area contributed by atoms with Crippen molar-refractivity contribution < 1.29 is 85.7 Å². The third kappa shape index (κ3) is 11.5. The lowest BCUT2D eigenvalue weighted by molar-refractivity contribution is -0.346. The Bertz CT molecular complexity index is 2650. The van der Waals surface area contributed by atoms with Gasteiger partial charge in [-0.3, -0.25) is 28.9 Å². The molecular formula is C48H41Cl4NO18. The van der Waals surface area contributed by atoms with Gasteiger partial charge in [0.2, 0.25) is 0 Å². The number of esters is 6. The number of halogens is 4. The molecule has 0 aromatic heterocycles. The Morgan fingerprint density at radius 1 is 0.493 bits per heavy atom. The number of ether oxygens (including phenoxy) is 10. The molecule has 3 aliphatic rings. The number of carbonyl (C=O) groups excluding carboxylic acids is 8. The van der Waals surface area contributed by atoms with Gasteiger partial charge < -0.3 is 47.4 Å². The largest absolute Gasteiger partial charge is 0.463 e. The third-order valence-electron chi connectivity index (χ3n) is 11.1. The van der Waals surface area contributed by atoms with Gasteiger partial charge >= 0.3 is 35.8 Å². The first kappa shape index (κ1) is 52.7. The van der Waals surface area contributed by atoms with Crippen LogP contribution in [0.15, 0.2) is 91.0 Å². The topological polar surface area (TPSA) is 232 Å². The van der Waals surface area contributed by atoms with Crippen molar-refractivity contribution in [1.29, 1.82) is 0 Å². The zero-order chi connectivity index (χ0) is 51.3. The van der Waals surface area contributed by atoms with E-state index >= 15 is 0 Å². The van der Waals surface area contributed by atoms with Gasteiger partial charge in [-0.05, 0) is 36.4 Å². The summed E-state index contributed by atoms with van der Waals surface area (Å²) in [7, 11) is 1.19. The van der Waals surface area contributed by atoms with Crippen molar-refractivity contribution in [3.63, 3.8) is 0 Å². The number of hydrogen-bond donors (Lipinski definition) is 0. The summed E-state index contributed by atoms with van der Waals surface area (Å²) in [4.78, 5) is 110. The zero-order valence-corrected chi connectivity index (χ0v) is 40.7. The minimum Gasteiger partial charge on any atom is -0.463 e. The molecule has 0 bridgehead atoms. The summed E-state index contributed by atoms with van der Waals surface area (Å²) in [6, 6.07) is 20.9. The lowest BCUT2D eigenvalue weighted by Crippen LogP contribution is -2.70. The minimum atomic E-state index is -2.17. The first-order valence-electron chi connectivity index (χ1n) is 21.4. The number of rotatable bonds is 15. The fourth-order valence-corrected chi connectivity index (χ4v) is 9.05. The highest BCUT2D eigenvalue weighted by Crippen LogP contribution is 2.47. The third-order valence-corrected chi connectivity index (χ3v) is 12.9. The fourth-order valence-electron chi connectivity index (χ4n) is 8.03. The molecule has 23 heteroatoms. The molecule has 2 fully saturated rings. The highest BCUT2D eigenvalue weighted by Gasteiger charge is 2.61. The maximum absolute atomic E-state index is 14.8. The first-order valence-corrected chi connectivity index (χ1v) is 22.9. The highest BCUT2D eigenvalue weighted by molar-refractivity contribution is 6.55. The van der Waals surface area contributed by atoms with Gasteiger partial charge in [-0.25, -0.2) is 14.4 Å². The zero-order valence-electron chi connectivity index (χ0n) is 37.7. The molecule has 0 N–H and O–H groups in total. The smallest absolute Gasteiger partial charge is 0.338 e. The van der Waals surface area contributed by atoms with Crippen molar-refractivity contribution in [2.75, 3.05) is 20.3 Å². The van der Waals surface area contributed by atoms with Crippen molar-refractivity contribution in [3.8, 4) is 0 Å². The molecule has 2 amide bonds. The molecular weight excluding hydrogens is 1020 g/mol. The molecule has 7 rings (SSSR count). The molecule has 4 aromatic carbocycles. The molecule has 0 unspecified atom stereocenters. The van der Waals surface area contributed by atoms with Crippen molar-refractivity contribution in [1.82, 2.24) is 4.90 Å². The monoisotopic (exact) mass is 1060 g/mol. The van der Waals surface area contributed by atoms with E-state index in [-0.39, 0.29) is 16.7 Å². The number of nitrogens with zero attached hydrogens (tertiary/aromatic N) is 1. The van der Waals surface area contributed by atoms with Crippen LogP contribution in [0.4, 0.5) is 0 Å². The molecule has 374 valence electrons. The predicted octanol–water partition coefficient (Wildman–Crippen LogP) is 6.48. The average Bonchev–Trinajstić information content (AvgIpc) is 3.61. The number of fused-ring (bicyclic) bond motifs is 1. The van der Waals surface area contributed by atoms with Crippen molar-refractivity contribution in [2.45, 2.75) is 82.1 Å². The van der Waals surface area contributed by atoms with Crippen LogP contribution in [0.1, 0.15) is 72.6 Å². The number of methoxy groups -OCH3 is 1. The van der Waals surface area contributed by atoms with Gasteiger partial charge in [0, 0.05) is 27.9 Å². The highest BCUT2D eigenvalue weighted by atomic mass is 35.5. The second-order valence-corrected chi connectivity index (χ2v) is 17.3. The summed E-state index contributed by atoms with van der Waals surface area (Å²) in [5, 5.41) is -1.80. The molecule has 0 saturated carbocycles. The Hall–Kier alpha value is -6.16. The van der Waals surface area contributed by atoms with Gasteiger partial charge in [-0.2, -0.15) is 0 Å². The SMILES string of the molecule is CO[C@H]1O[C@H](COC(=O)c2ccccc2)[C@H](O[C@@H]2O[C@H](COC(C)=O)[C@@H](OC(C)=O)[C@H](OC(C)=O)[C@H]2N2C(=O)c3c(Cl)c(Cl)c(Cl)c(Cl)c3C2=O)[C@H](OC(=O)c2ccccc2)[C@H]1OC(=O)c1ccccc1. The molecule has 0 radical (unpaired) electrons. The van der Waals surface area contributed by atoms with Crippen molar-refractivity contribution in [3.05, 3.63) is 139 Å². The van der Waals surface area contributed by atoms with E-state index in [4.69, 9.17) is 93.8 Å². The van der Waals surface area contributed by atoms with Gasteiger partial charge in [0.25, 0.3) is 11.8 Å². The van der Waals surface area contributed by atoms with Crippen molar-refractivity contribution in [2.24, 2.45) is 0 Å². The Balaban J connectivity index is 1.42. The van der Waals surface area contributed by atoms with Crippen LogP contribution < -0.4 is 0 Å². The first-order chi connectivity index (χ1) is 33.9. The predicted molar refractivity (Wildman–Crippen MR) is 246 cm³/mol. The maximum atomic E-state index is 14.8. The van der Waals surface area contributed by atoms with Crippen LogP contribution in [0.5, 0.6) is 0 Å². The molecule has 0 spiro atoms. The molecule has 10 atom stereocenters. The van der Waals surface area contributed by atoms with E-state index in [1.807, 2.05) is 0 Å². The molecule has 0 aliphatic carbocycles. The number of carbonyl (C=O) groups is 8. The van der Waals surface area contributed by atoms with Crippen molar-refractivity contribution >= 4 is 94.0 Å². The lowest BCUT2D eigenvalue weighted by Gasteiger charge is -2.50. The maximum Gasteiger partial charge on any atom is 0.338 e. The summed E-state index contributed by atoms with van der Waals surface area (Å²) in [5.74, 6) is -8.16. The molecule has 3 heterocycles. The Morgan fingerprint density at radius 2 is 0.915 bits per heavy atom. The second kappa shape index (κ2) is 22.9. The average molecular weight is 1060 g/mol. The molecule has 19 nitrogen and oxygen atoms in total. The van der Waals surface area contributed by atoms with Crippen LogP contribution in [0.3, 0.4) is 0 Å². The van der Waals surface area contributed by atoms with Gasteiger partial charge in [0.15, 0.2) is 37.0 Å². The van der Waals surface area contributed by atoms with E-state index in [0.717, 1.165) is 20.8 Å². The van der Waals surface area contributed by atoms with Gasteiger partial charge in [0.05, 0.1) is 47.9 Å². The number of amides is 2. The van der Waals surface area contributed by atoms with E-state index < -0.39 is 153 Å². The standard InChI is InChI=1S/C48H41Cl4NO18/c1-22(54)63-20-28-37(65-23(2)55)39(66-24(3)56)36(53-42(57)30-31(43(53)58)33(50)35(52)34(51)32(30)49)47(67-28)71-38-29(21-64-44(59)25-14-8-5-9-15-25)68-48(62-4)41(70-46(61)27-18-12-7-13-19-27)40(38)69-45(60)26-16-10-6-11-17-26/h5-19,28-29,36-41,47-48H,20-21H2,1-4H3/t28-,29-,36-,37-,38+,39-,40+,41-,47+,48+/m1/s1. The number of benzene rings is 4. The summed E-state index contributed by atoms with van der Waals surface area (Å²) in [6.07, 6.45) is -16.3. The number of imide groups is 1. The summed E-state index contributed by atoms with van der Waals surface area (Å²) in [5.41, 5.74) is -0.936. The molecule has 3 aliphatic heterocycles. The fraction of sp³-hybridized carbons (Fsp3) is 0.333. The van der Waals surface area contributed by atoms with Gasteiger partial charge in [0.1, 0.15) is 37.6 Å². The van der Waals surface area contributed by atoms with Crippen LogP contribution >= 0.6 is 46.4 Å². The lowest BCUT2D eigenvalue weighted by atomic mass is 9.93. The van der Waals surface area contributed by atoms with Crippen LogP contribution in [0, 0.1) is 0 Å². The quantitative estimate of drug-likeness (QED) is 0.0407. The Morgan fingerprint density at radius 3 is 1.38 bits per heavy atom. The molecule has 4 aromatic rings. The van der Waals surface area contributed by atoms with Crippen LogP contribution in [-0.2, 0) is 61.8 Å². The van der Waals surface area contributed by atoms with Crippen LogP contribution in [0.2, 0.25) is 20.1 Å². The van der Waals surface area contributed by atoms with E-state index in [0.29, 0.717) is 4.90 Å². The number of hydrogen-bond acceptors (Lipinski definition) is 18. The van der Waals surface area contributed by atoms with Crippen LogP contribution in [0.25, 0.3) is 0 Å². The van der Waals surface area contributed by atoms with E-state index in [1.165, 1.54) is 43.5 Å². The summed E-state index contributed by atoms with van der Waals surface area (Å²) in [6.45, 7) is 1.54. The Kier molecular flexibility index (Phi) is 17.0. The van der Waals surface area contributed by atoms with Gasteiger partial charge in [-0.1, -0.05) is 101 Å². The molecule has 2 saturated heterocycles. The summed E-state index contributed by atoms with van der Waals surface area (Å²) >= 11 is 25.8. The Labute approximate surface area is 424 Å². The second-order valence-electron chi connectivity index (χ2n) is 15.8. The van der Waals surface area contributed by atoms with E-state index in [9.17, 15) is 38.4 Å². The van der Waals surface area contributed by atoms with E-state index in [2.05, 4.69) is 0 Å².